The van der Waals surface area contributed by atoms with Crippen LogP contribution >= 0.6 is 34.7 Å². The number of hydrogen-bond donors (Lipinski definition) is 2. The van der Waals surface area contributed by atoms with Crippen molar-refractivity contribution in [3.05, 3.63) is 56.8 Å². The summed E-state index contributed by atoms with van der Waals surface area (Å²) in [5.74, 6) is -1.08. The molecule has 0 bridgehead atoms. The normalized spacial score (nSPS) is 26.4. The van der Waals surface area contributed by atoms with Gasteiger partial charge in [-0.15, -0.1) is 23.1 Å². The predicted molar refractivity (Wildman–Crippen MR) is 120 cm³/mol. The first-order valence-corrected chi connectivity index (χ1v) is 12.8. The number of carbonyl (C=O) groups excluding carboxylic acids is 1. The summed E-state index contributed by atoms with van der Waals surface area (Å²) in [5, 5.41) is 6.61. The maximum Gasteiger partial charge on any atom is 0.280 e. The van der Waals surface area contributed by atoms with Crippen molar-refractivity contribution in [3.63, 3.8) is 0 Å². The molecule has 0 spiro atoms. The summed E-state index contributed by atoms with van der Waals surface area (Å²) in [6.07, 6.45) is 1.05. The number of nitrogens with zero attached hydrogens (tertiary/aromatic N) is 1. The van der Waals surface area contributed by atoms with Crippen molar-refractivity contribution in [1.82, 2.24) is 9.03 Å². The Balaban J connectivity index is 1.49. The Kier molecular flexibility index (Phi) is 6.25. The number of amides is 1. The number of nitrogens with one attached hydrogen (secondary N) is 2. The lowest BCUT2D eigenvalue weighted by molar-refractivity contribution is -0.120. The first-order valence-electron chi connectivity index (χ1n) is 9.14. The van der Waals surface area contributed by atoms with Crippen LogP contribution in [0.15, 0.2) is 41.1 Å². The Labute approximate surface area is 187 Å². The number of hydrogen-bond acceptors (Lipinski definition) is 5. The van der Waals surface area contributed by atoms with Gasteiger partial charge in [-0.1, -0.05) is 17.7 Å². The molecule has 30 heavy (non-hydrogen) atoms. The fourth-order valence-corrected chi connectivity index (χ4v) is 7.15. The summed E-state index contributed by atoms with van der Waals surface area (Å²) < 4.78 is 42.4. The Morgan fingerprint density at radius 2 is 2.17 bits per heavy atom. The van der Waals surface area contributed by atoms with Crippen LogP contribution in [0.2, 0.25) is 5.02 Å². The van der Waals surface area contributed by atoms with Crippen molar-refractivity contribution >= 4 is 62.1 Å². The van der Waals surface area contributed by atoms with Crippen LogP contribution in [-0.2, 0) is 15.0 Å². The molecular weight excluding hydrogens is 469 g/mol. The van der Waals surface area contributed by atoms with Gasteiger partial charge in [0.15, 0.2) is 0 Å². The molecule has 0 radical (unpaired) electrons. The minimum atomic E-state index is -3.82. The monoisotopic (exact) mass is 487 g/mol. The molecule has 1 unspecified atom stereocenters. The fraction of sp³-hybridized carbons (Fsp3) is 0.316. The molecule has 2 aliphatic heterocycles. The number of allylic oxidation sites excluding steroid dienone is 1. The molecule has 0 saturated carbocycles. The second-order valence-corrected chi connectivity index (χ2v) is 11.3. The van der Waals surface area contributed by atoms with E-state index < -0.39 is 34.0 Å². The Bertz CT molecular complexity index is 1090. The quantitative estimate of drug-likeness (QED) is 0.684. The third-order valence-corrected chi connectivity index (χ3v) is 9.29. The molecular formula is C19H19ClFN3O3S3. The average Bonchev–Trinajstić information content (AvgIpc) is 3.38. The van der Waals surface area contributed by atoms with E-state index in [1.54, 1.807) is 23.1 Å². The number of thioether (sulfide) groups is 1. The highest BCUT2D eigenvalue weighted by Gasteiger charge is 2.43. The van der Waals surface area contributed by atoms with Crippen molar-refractivity contribution in [2.45, 2.75) is 30.2 Å². The first kappa shape index (κ1) is 21.8. The molecule has 6 nitrogen and oxygen atoms in total. The molecule has 1 saturated heterocycles. The van der Waals surface area contributed by atoms with Crippen LogP contribution in [0.1, 0.15) is 17.7 Å². The van der Waals surface area contributed by atoms with Gasteiger partial charge in [-0.05, 0) is 53.5 Å². The zero-order chi connectivity index (χ0) is 21.5. The summed E-state index contributed by atoms with van der Waals surface area (Å²) in [5.41, 5.74) is 1.49. The Hall–Kier alpha value is -1.43. The van der Waals surface area contributed by atoms with Crippen LogP contribution in [0.25, 0.3) is 5.57 Å². The minimum absolute atomic E-state index is 0.00106. The molecule has 1 aromatic carbocycles. The van der Waals surface area contributed by atoms with Crippen LogP contribution < -0.4 is 10.0 Å². The fourth-order valence-electron chi connectivity index (χ4n) is 3.52. The molecule has 2 aliphatic rings. The van der Waals surface area contributed by atoms with E-state index in [1.807, 2.05) is 17.5 Å². The van der Waals surface area contributed by atoms with Gasteiger partial charge < -0.3 is 5.32 Å². The van der Waals surface area contributed by atoms with Crippen LogP contribution in [0, 0.1) is 5.82 Å². The average molecular weight is 488 g/mol. The Morgan fingerprint density at radius 1 is 1.37 bits per heavy atom. The van der Waals surface area contributed by atoms with Crippen molar-refractivity contribution < 1.29 is 17.6 Å². The topological polar surface area (TPSA) is 78.5 Å². The van der Waals surface area contributed by atoms with Crippen LogP contribution in [0.3, 0.4) is 0 Å². The summed E-state index contributed by atoms with van der Waals surface area (Å²) in [7, 11) is -2.45. The second-order valence-electron chi connectivity index (χ2n) is 7.11. The smallest absolute Gasteiger partial charge is 0.280 e. The lowest BCUT2D eigenvalue weighted by Crippen LogP contribution is -2.60. The number of likely N-dealkylation sites (N-methyl/N-ethyl adjacent to an activating group) is 1. The van der Waals surface area contributed by atoms with Crippen LogP contribution in [0.5, 0.6) is 0 Å². The number of carbonyl (C=O) groups is 1. The Morgan fingerprint density at radius 3 is 2.87 bits per heavy atom. The molecule has 3 atom stereocenters. The maximum absolute atomic E-state index is 13.4. The molecule has 4 rings (SSSR count). The summed E-state index contributed by atoms with van der Waals surface area (Å²) >= 11 is 9.01. The molecule has 1 fully saturated rings. The van der Waals surface area contributed by atoms with E-state index in [0.717, 1.165) is 16.8 Å². The van der Waals surface area contributed by atoms with Crippen molar-refractivity contribution in [2.24, 2.45) is 0 Å². The number of rotatable bonds is 4. The summed E-state index contributed by atoms with van der Waals surface area (Å²) in [6.45, 7) is 0. The number of anilines is 1. The maximum atomic E-state index is 13.4. The van der Waals surface area contributed by atoms with Gasteiger partial charge in [-0.25, -0.2) is 4.39 Å². The zero-order valence-electron chi connectivity index (χ0n) is 15.8. The SMILES string of the molecule is CN1[C@H](C(=O)Nc2ccc(F)c(Cl)c2)C[C@H](C2CC(c3cccs3)=CS2)NS1(=O)=O. The molecule has 1 amide bonds. The van der Waals surface area contributed by atoms with E-state index in [1.165, 1.54) is 29.6 Å². The summed E-state index contributed by atoms with van der Waals surface area (Å²) in [4.78, 5) is 14.0. The number of benzene rings is 1. The largest absolute Gasteiger partial charge is 0.325 e. The first-order chi connectivity index (χ1) is 14.2. The van der Waals surface area contributed by atoms with Gasteiger partial charge in [0.25, 0.3) is 10.2 Å². The predicted octanol–water partition coefficient (Wildman–Crippen LogP) is 3.93. The zero-order valence-corrected chi connectivity index (χ0v) is 19.0. The molecule has 2 N–H and O–H groups in total. The molecule has 2 aromatic rings. The molecule has 11 heteroatoms. The van der Waals surface area contributed by atoms with Gasteiger partial charge in [0.05, 0.1) is 5.02 Å². The van der Waals surface area contributed by atoms with Gasteiger partial charge in [-0.3, -0.25) is 4.79 Å². The number of thiophene rings is 1. The van der Waals surface area contributed by atoms with E-state index in [9.17, 15) is 17.6 Å². The van der Waals surface area contributed by atoms with Crippen LogP contribution in [0.4, 0.5) is 10.1 Å². The second kappa shape index (κ2) is 8.60. The van der Waals surface area contributed by atoms with Crippen molar-refractivity contribution in [2.75, 3.05) is 12.4 Å². The van der Waals surface area contributed by atoms with Gasteiger partial charge in [0.2, 0.25) is 5.91 Å². The highest BCUT2D eigenvalue weighted by atomic mass is 35.5. The lowest BCUT2D eigenvalue weighted by atomic mass is 9.99. The van der Waals surface area contributed by atoms with E-state index in [2.05, 4.69) is 15.4 Å². The van der Waals surface area contributed by atoms with Gasteiger partial charge in [0, 0.05) is 28.9 Å². The highest BCUT2D eigenvalue weighted by Crippen LogP contribution is 2.41. The standard InChI is InChI=1S/C19H19ClFN3O3S3/c1-24-16(19(25)22-12-4-5-14(21)13(20)8-12)9-15(23-30(24,26)27)18-7-11(10-29-18)17-3-2-6-28-17/h2-6,8,10,15-16,18,23H,7,9H2,1H3,(H,22,25)/t15-,16+,18?/m1/s1. The number of halogens is 2. The van der Waals surface area contributed by atoms with Crippen LogP contribution in [-0.4, -0.2) is 43.0 Å². The molecule has 3 heterocycles. The third kappa shape index (κ3) is 4.44. The lowest BCUT2D eigenvalue weighted by Gasteiger charge is -2.38. The molecule has 0 aliphatic carbocycles. The van der Waals surface area contributed by atoms with E-state index >= 15 is 0 Å². The molecule has 160 valence electrons. The highest BCUT2D eigenvalue weighted by molar-refractivity contribution is 8.03. The van der Waals surface area contributed by atoms with Gasteiger partial charge >= 0.3 is 0 Å². The molecule has 1 aromatic heterocycles. The third-order valence-electron chi connectivity index (χ3n) is 5.18. The van der Waals surface area contributed by atoms with Crippen molar-refractivity contribution in [1.29, 1.82) is 0 Å². The van der Waals surface area contributed by atoms with Crippen molar-refractivity contribution in [3.8, 4) is 0 Å². The van der Waals surface area contributed by atoms with E-state index in [-0.39, 0.29) is 10.3 Å². The van der Waals surface area contributed by atoms with Gasteiger partial charge in [-0.2, -0.15) is 17.4 Å². The minimum Gasteiger partial charge on any atom is -0.325 e. The van der Waals surface area contributed by atoms with Gasteiger partial charge in [0.1, 0.15) is 11.9 Å². The summed E-state index contributed by atoms with van der Waals surface area (Å²) in [6, 6.07) is 6.58. The van der Waals surface area contributed by atoms with E-state index in [4.69, 9.17) is 11.6 Å². The van der Waals surface area contributed by atoms with E-state index in [0.29, 0.717) is 12.1 Å².